The molecule has 0 saturated heterocycles. The predicted molar refractivity (Wildman–Crippen MR) is 343 cm³/mol. The molecule has 79 heavy (non-hydrogen) atoms. The summed E-state index contributed by atoms with van der Waals surface area (Å²) >= 11 is 0. The van der Waals surface area contributed by atoms with Crippen LogP contribution in [0.3, 0.4) is 0 Å². The molecule has 0 N–H and O–H groups in total. The van der Waals surface area contributed by atoms with E-state index in [2.05, 4.69) is 130 Å². The van der Waals surface area contributed by atoms with E-state index in [0.717, 1.165) is 128 Å². The van der Waals surface area contributed by atoms with Gasteiger partial charge < -0.3 is 14.2 Å². The molecule has 1 unspecified atom stereocenters. The summed E-state index contributed by atoms with van der Waals surface area (Å²) in [5.41, 5.74) is 0. The maximum Gasteiger partial charge on any atom is 0.306 e. The third kappa shape index (κ3) is 64.8. The molecule has 0 aromatic rings. The lowest BCUT2D eigenvalue weighted by molar-refractivity contribution is -0.167. The van der Waals surface area contributed by atoms with Crippen molar-refractivity contribution in [2.45, 2.75) is 322 Å². The zero-order chi connectivity index (χ0) is 57.1. The van der Waals surface area contributed by atoms with Crippen LogP contribution in [0.5, 0.6) is 0 Å². The first-order chi connectivity index (χ1) is 39.0. The van der Waals surface area contributed by atoms with Gasteiger partial charge in [0.2, 0.25) is 0 Å². The van der Waals surface area contributed by atoms with Crippen LogP contribution >= 0.6 is 0 Å². The van der Waals surface area contributed by atoms with Crippen LogP contribution in [-0.2, 0) is 28.6 Å². The van der Waals surface area contributed by atoms with E-state index in [1.807, 2.05) is 0 Å². The van der Waals surface area contributed by atoms with Gasteiger partial charge in [-0.2, -0.15) is 0 Å². The summed E-state index contributed by atoms with van der Waals surface area (Å²) in [6, 6.07) is 0. The summed E-state index contributed by atoms with van der Waals surface area (Å²) in [5.74, 6) is -0.898. The van der Waals surface area contributed by atoms with Crippen LogP contribution in [0.1, 0.15) is 316 Å². The fourth-order valence-electron chi connectivity index (χ4n) is 9.35. The quantitative estimate of drug-likeness (QED) is 0.0261. The number of hydrogen-bond acceptors (Lipinski definition) is 6. The molecule has 0 heterocycles. The molecule has 0 radical (unpaired) electrons. The van der Waals surface area contributed by atoms with E-state index in [0.29, 0.717) is 19.3 Å². The van der Waals surface area contributed by atoms with Crippen molar-refractivity contribution in [2.75, 3.05) is 13.2 Å². The average molecular weight is 1100 g/mol. The molecule has 452 valence electrons. The van der Waals surface area contributed by atoms with Crippen molar-refractivity contribution in [2.24, 2.45) is 0 Å². The Balaban J connectivity index is 4.16. The van der Waals surface area contributed by atoms with Gasteiger partial charge in [-0.3, -0.25) is 14.4 Å². The second-order valence-electron chi connectivity index (χ2n) is 22.0. The summed E-state index contributed by atoms with van der Waals surface area (Å²) < 4.78 is 16.9. The lowest BCUT2D eigenvalue weighted by atomic mass is 10.0. The van der Waals surface area contributed by atoms with Crippen molar-refractivity contribution in [3.8, 4) is 0 Å². The molecule has 0 aromatic heterocycles. The minimum Gasteiger partial charge on any atom is -0.462 e. The Morgan fingerprint density at radius 1 is 0.266 bits per heavy atom. The topological polar surface area (TPSA) is 78.9 Å². The van der Waals surface area contributed by atoms with Crippen molar-refractivity contribution < 1.29 is 28.6 Å². The van der Waals surface area contributed by atoms with E-state index < -0.39 is 6.10 Å². The van der Waals surface area contributed by atoms with E-state index in [9.17, 15) is 14.4 Å². The maximum atomic E-state index is 12.9. The molecular formula is C73H124O6. The SMILES string of the molecule is CC/C=C\C/C=C\C/C=C\C/C=C\C/C=C\CCCCCCCCCCCCCCCCCCCC(=O)OCC(COC(=O)CCCCCCCCCCCCC)OC(=O)CCCCCC/C=C\C/C=C\C/C=C\C/C=C\CC. The van der Waals surface area contributed by atoms with Gasteiger partial charge in [-0.1, -0.05) is 304 Å². The zero-order valence-corrected chi connectivity index (χ0v) is 51.9. The van der Waals surface area contributed by atoms with Gasteiger partial charge in [-0.25, -0.2) is 0 Å². The van der Waals surface area contributed by atoms with Gasteiger partial charge in [0.15, 0.2) is 6.10 Å². The minimum absolute atomic E-state index is 0.0843. The second kappa shape index (κ2) is 66.6. The predicted octanol–water partition coefficient (Wildman–Crippen LogP) is 23.0. The number of rotatable bonds is 60. The summed E-state index contributed by atoms with van der Waals surface area (Å²) in [5, 5.41) is 0. The van der Waals surface area contributed by atoms with Crippen LogP contribution in [0.25, 0.3) is 0 Å². The molecular weight excluding hydrogens is 973 g/mol. The lowest BCUT2D eigenvalue weighted by Gasteiger charge is -2.18. The Bertz CT molecular complexity index is 1590. The van der Waals surface area contributed by atoms with Crippen LogP contribution in [0.4, 0.5) is 0 Å². The molecule has 6 nitrogen and oxygen atoms in total. The molecule has 0 amide bonds. The number of unbranched alkanes of at least 4 members (excludes halogenated alkanes) is 31. The first-order valence-electron chi connectivity index (χ1n) is 33.4. The van der Waals surface area contributed by atoms with Crippen LogP contribution in [0.15, 0.2) is 109 Å². The summed E-state index contributed by atoms with van der Waals surface area (Å²) in [6.07, 6.45) is 91.2. The Morgan fingerprint density at radius 2 is 0.494 bits per heavy atom. The highest BCUT2D eigenvalue weighted by Crippen LogP contribution is 2.17. The highest BCUT2D eigenvalue weighted by molar-refractivity contribution is 5.71. The van der Waals surface area contributed by atoms with Crippen molar-refractivity contribution in [3.63, 3.8) is 0 Å². The standard InChI is InChI=1S/C73H124O6/c1-4-7-10-13-16-19-22-24-26-28-29-30-31-32-33-34-35-36-37-38-39-40-41-42-43-45-46-48-51-54-57-60-63-66-72(75)78-69-70(68-77-71(74)65-62-59-56-53-50-21-18-15-12-9-6-3)79-73(76)67-64-61-58-55-52-49-47-44-27-25-23-20-17-14-11-8-5-2/h7-8,10-11,16-17,19-20,24-27,29-30,32-33,47,49,70H,4-6,9,12-15,18,21-23,28,31,34-46,48,50-69H2,1-3H3/b10-7-,11-8-,19-16-,20-17-,26-24-,27-25-,30-29-,33-32-,49-47-. The van der Waals surface area contributed by atoms with Gasteiger partial charge in [0, 0.05) is 19.3 Å². The number of hydrogen-bond donors (Lipinski definition) is 0. The maximum absolute atomic E-state index is 12.9. The van der Waals surface area contributed by atoms with Gasteiger partial charge in [0.05, 0.1) is 0 Å². The highest BCUT2D eigenvalue weighted by atomic mass is 16.6. The molecule has 0 fully saturated rings. The Morgan fingerprint density at radius 3 is 0.772 bits per heavy atom. The molecule has 6 heteroatoms. The normalized spacial score (nSPS) is 12.8. The minimum atomic E-state index is -0.789. The van der Waals surface area contributed by atoms with Gasteiger partial charge in [0.25, 0.3) is 0 Å². The first-order valence-corrected chi connectivity index (χ1v) is 33.4. The molecule has 0 aromatic carbocycles. The van der Waals surface area contributed by atoms with Crippen LogP contribution in [0, 0.1) is 0 Å². The summed E-state index contributed by atoms with van der Waals surface area (Å²) in [4.78, 5) is 38.3. The molecule has 0 aliphatic heterocycles. The lowest BCUT2D eigenvalue weighted by Crippen LogP contribution is -2.30. The highest BCUT2D eigenvalue weighted by Gasteiger charge is 2.19. The summed E-state index contributed by atoms with van der Waals surface area (Å²) in [7, 11) is 0. The monoisotopic (exact) mass is 1100 g/mol. The van der Waals surface area contributed by atoms with Crippen LogP contribution in [0.2, 0.25) is 0 Å². The first kappa shape index (κ1) is 75.1. The van der Waals surface area contributed by atoms with E-state index >= 15 is 0 Å². The van der Waals surface area contributed by atoms with Crippen molar-refractivity contribution >= 4 is 17.9 Å². The number of carbonyl (C=O) groups is 3. The molecule has 0 bridgehead atoms. The molecule has 0 spiro atoms. The van der Waals surface area contributed by atoms with E-state index in [-0.39, 0.29) is 31.1 Å². The number of carbonyl (C=O) groups excluding carboxylic acids is 3. The molecule has 0 aliphatic rings. The number of esters is 3. The molecule has 0 rings (SSSR count). The third-order valence-corrected chi connectivity index (χ3v) is 14.3. The fraction of sp³-hybridized carbons (Fsp3) is 0.712. The number of allylic oxidation sites excluding steroid dienone is 18. The third-order valence-electron chi connectivity index (χ3n) is 14.3. The van der Waals surface area contributed by atoms with E-state index in [1.54, 1.807) is 0 Å². The Labute approximate surface area is 489 Å². The molecule has 1 atom stereocenters. The van der Waals surface area contributed by atoms with E-state index in [1.165, 1.54) is 148 Å². The van der Waals surface area contributed by atoms with Crippen LogP contribution in [-0.4, -0.2) is 37.2 Å². The average Bonchev–Trinajstić information content (AvgIpc) is 3.45. The fourth-order valence-corrected chi connectivity index (χ4v) is 9.35. The summed E-state index contributed by atoms with van der Waals surface area (Å²) in [6.45, 7) is 6.41. The van der Waals surface area contributed by atoms with Crippen molar-refractivity contribution in [1.29, 1.82) is 0 Å². The largest absolute Gasteiger partial charge is 0.462 e. The van der Waals surface area contributed by atoms with Gasteiger partial charge in [-0.15, -0.1) is 0 Å². The van der Waals surface area contributed by atoms with E-state index in [4.69, 9.17) is 14.2 Å². The molecule has 0 aliphatic carbocycles. The van der Waals surface area contributed by atoms with Crippen molar-refractivity contribution in [3.05, 3.63) is 109 Å². The smallest absolute Gasteiger partial charge is 0.306 e. The molecule has 0 saturated carbocycles. The number of ether oxygens (including phenoxy) is 3. The van der Waals surface area contributed by atoms with Gasteiger partial charge >= 0.3 is 17.9 Å². The van der Waals surface area contributed by atoms with Gasteiger partial charge in [-0.05, 0) is 103 Å². The van der Waals surface area contributed by atoms with Crippen molar-refractivity contribution in [1.82, 2.24) is 0 Å². The second-order valence-corrected chi connectivity index (χ2v) is 22.0. The van der Waals surface area contributed by atoms with Gasteiger partial charge in [0.1, 0.15) is 13.2 Å². The zero-order valence-electron chi connectivity index (χ0n) is 51.9. The van der Waals surface area contributed by atoms with Crippen LogP contribution < -0.4 is 0 Å². The Hall–Kier alpha value is -3.93. The Kier molecular flexibility index (Phi) is 63.3.